The molecule has 6 heteroatoms. The second-order valence-corrected chi connectivity index (χ2v) is 4.05. The molecule has 1 N–H and O–H groups in total. The van der Waals surface area contributed by atoms with Gasteiger partial charge in [0.05, 0.1) is 17.4 Å². The molecule has 0 aliphatic heterocycles. The Morgan fingerprint density at radius 2 is 1.90 bits per heavy atom. The molecule has 0 unspecified atom stereocenters. The Bertz CT molecular complexity index is 627. The number of hydrogen-bond acceptors (Lipinski definition) is 3. The van der Waals surface area contributed by atoms with Crippen molar-refractivity contribution in [3.05, 3.63) is 59.4 Å². The number of nitrogens with zero attached hydrogens (tertiary/aromatic N) is 2. The Hall–Kier alpha value is -2.55. The second kappa shape index (κ2) is 5.61. The SMILES string of the molecule is N#Cc1ccc(NCc2ccccc2C(F)(F)F)cn1. The summed E-state index contributed by atoms with van der Waals surface area (Å²) in [6.45, 7) is 0.0310. The van der Waals surface area contributed by atoms with Gasteiger partial charge in [0, 0.05) is 6.54 Å². The van der Waals surface area contributed by atoms with E-state index in [-0.39, 0.29) is 17.8 Å². The third-order valence-corrected chi connectivity index (χ3v) is 2.68. The molecule has 20 heavy (non-hydrogen) atoms. The van der Waals surface area contributed by atoms with Gasteiger partial charge in [-0.05, 0) is 23.8 Å². The molecule has 0 atom stereocenters. The number of rotatable bonds is 3. The van der Waals surface area contributed by atoms with Gasteiger partial charge in [-0.1, -0.05) is 18.2 Å². The number of hydrogen-bond donors (Lipinski definition) is 1. The van der Waals surface area contributed by atoms with Crippen LogP contribution in [0.2, 0.25) is 0 Å². The lowest BCUT2D eigenvalue weighted by atomic mass is 10.1. The van der Waals surface area contributed by atoms with Gasteiger partial charge in [0.25, 0.3) is 0 Å². The fraction of sp³-hybridized carbons (Fsp3) is 0.143. The average Bonchev–Trinajstić information content (AvgIpc) is 2.45. The minimum Gasteiger partial charge on any atom is -0.380 e. The summed E-state index contributed by atoms with van der Waals surface area (Å²) in [6, 6.07) is 10.4. The number of pyridine rings is 1. The highest BCUT2D eigenvalue weighted by molar-refractivity contribution is 5.44. The van der Waals surface area contributed by atoms with Crippen molar-refractivity contribution >= 4 is 5.69 Å². The van der Waals surface area contributed by atoms with E-state index in [4.69, 9.17) is 5.26 Å². The highest BCUT2D eigenvalue weighted by atomic mass is 19.4. The summed E-state index contributed by atoms with van der Waals surface area (Å²) in [7, 11) is 0. The van der Waals surface area contributed by atoms with E-state index in [9.17, 15) is 13.2 Å². The Balaban J connectivity index is 2.13. The van der Waals surface area contributed by atoms with Gasteiger partial charge in [-0.3, -0.25) is 0 Å². The maximum Gasteiger partial charge on any atom is 0.416 e. The Labute approximate surface area is 113 Å². The smallest absolute Gasteiger partial charge is 0.380 e. The number of halogens is 3. The van der Waals surface area contributed by atoms with Crippen LogP contribution in [-0.2, 0) is 12.7 Å². The van der Waals surface area contributed by atoms with Crippen LogP contribution >= 0.6 is 0 Å². The van der Waals surface area contributed by atoms with E-state index in [1.165, 1.54) is 24.4 Å². The molecule has 0 bridgehead atoms. The second-order valence-electron chi connectivity index (χ2n) is 4.05. The van der Waals surface area contributed by atoms with Crippen LogP contribution in [0.4, 0.5) is 18.9 Å². The predicted octanol–water partition coefficient (Wildman–Crippen LogP) is 3.58. The molecule has 0 aliphatic rings. The zero-order valence-corrected chi connectivity index (χ0v) is 10.3. The molecular formula is C14H10F3N3. The molecule has 0 spiro atoms. The lowest BCUT2D eigenvalue weighted by Crippen LogP contribution is -2.11. The van der Waals surface area contributed by atoms with Crippen LogP contribution in [0, 0.1) is 11.3 Å². The third-order valence-electron chi connectivity index (χ3n) is 2.68. The van der Waals surface area contributed by atoms with E-state index < -0.39 is 11.7 Å². The zero-order chi connectivity index (χ0) is 14.6. The van der Waals surface area contributed by atoms with Crippen molar-refractivity contribution < 1.29 is 13.2 Å². The number of anilines is 1. The molecule has 2 rings (SSSR count). The highest BCUT2D eigenvalue weighted by Crippen LogP contribution is 2.32. The summed E-state index contributed by atoms with van der Waals surface area (Å²) in [6.07, 6.45) is -2.96. The Kier molecular flexibility index (Phi) is 3.89. The molecule has 0 saturated carbocycles. The fourth-order valence-corrected chi connectivity index (χ4v) is 1.71. The molecule has 3 nitrogen and oxygen atoms in total. The lowest BCUT2D eigenvalue weighted by Gasteiger charge is -2.13. The van der Waals surface area contributed by atoms with E-state index in [1.807, 2.05) is 6.07 Å². The molecule has 0 fully saturated rings. The Morgan fingerprint density at radius 3 is 2.50 bits per heavy atom. The van der Waals surface area contributed by atoms with Crippen molar-refractivity contribution in [2.45, 2.75) is 12.7 Å². The normalized spacial score (nSPS) is 10.9. The van der Waals surface area contributed by atoms with Crippen molar-refractivity contribution in [2.24, 2.45) is 0 Å². The van der Waals surface area contributed by atoms with Crippen LogP contribution in [0.1, 0.15) is 16.8 Å². The third kappa shape index (κ3) is 3.26. The van der Waals surface area contributed by atoms with Crippen LogP contribution in [-0.4, -0.2) is 4.98 Å². The van der Waals surface area contributed by atoms with Gasteiger partial charge >= 0.3 is 6.18 Å². The van der Waals surface area contributed by atoms with Crippen LogP contribution in [0.3, 0.4) is 0 Å². The van der Waals surface area contributed by atoms with Crippen molar-refractivity contribution in [1.82, 2.24) is 4.98 Å². The summed E-state index contributed by atoms with van der Waals surface area (Å²) < 4.78 is 38.4. The molecule has 1 aromatic heterocycles. The van der Waals surface area contributed by atoms with Gasteiger partial charge in [0.15, 0.2) is 0 Å². The fourth-order valence-electron chi connectivity index (χ4n) is 1.71. The van der Waals surface area contributed by atoms with E-state index >= 15 is 0 Å². The minimum atomic E-state index is -4.37. The molecule has 102 valence electrons. The van der Waals surface area contributed by atoms with Crippen LogP contribution in [0.25, 0.3) is 0 Å². The van der Waals surface area contributed by atoms with E-state index in [2.05, 4.69) is 10.3 Å². The van der Waals surface area contributed by atoms with Crippen molar-refractivity contribution in [3.8, 4) is 6.07 Å². The van der Waals surface area contributed by atoms with Crippen molar-refractivity contribution in [2.75, 3.05) is 5.32 Å². The van der Waals surface area contributed by atoms with Crippen molar-refractivity contribution in [1.29, 1.82) is 5.26 Å². The molecule has 2 aromatic rings. The maximum atomic E-state index is 12.8. The summed E-state index contributed by atoms with van der Waals surface area (Å²) in [4.78, 5) is 3.83. The predicted molar refractivity (Wildman–Crippen MR) is 67.7 cm³/mol. The highest BCUT2D eigenvalue weighted by Gasteiger charge is 2.32. The Morgan fingerprint density at radius 1 is 1.15 bits per heavy atom. The van der Waals surface area contributed by atoms with Crippen molar-refractivity contribution in [3.63, 3.8) is 0 Å². The molecule has 0 amide bonds. The number of alkyl halides is 3. The van der Waals surface area contributed by atoms with Crippen LogP contribution in [0.5, 0.6) is 0 Å². The van der Waals surface area contributed by atoms with Gasteiger partial charge < -0.3 is 5.32 Å². The van der Waals surface area contributed by atoms with Gasteiger partial charge in [-0.2, -0.15) is 18.4 Å². The summed E-state index contributed by atoms with van der Waals surface area (Å²) in [5, 5.41) is 11.5. The molecular weight excluding hydrogens is 267 g/mol. The summed E-state index contributed by atoms with van der Waals surface area (Å²) in [5.41, 5.74) is 0.311. The first kappa shape index (κ1) is 13.9. The molecule has 0 radical (unpaired) electrons. The van der Waals surface area contributed by atoms with Gasteiger partial charge in [-0.25, -0.2) is 4.98 Å². The van der Waals surface area contributed by atoms with Gasteiger partial charge in [-0.15, -0.1) is 0 Å². The molecule has 0 aliphatic carbocycles. The minimum absolute atomic E-state index is 0.0310. The summed E-state index contributed by atoms with van der Waals surface area (Å²) in [5.74, 6) is 0. The van der Waals surface area contributed by atoms with Gasteiger partial charge in [0.1, 0.15) is 11.8 Å². The maximum absolute atomic E-state index is 12.8. The zero-order valence-electron chi connectivity index (χ0n) is 10.3. The first-order valence-corrected chi connectivity index (χ1v) is 5.76. The topological polar surface area (TPSA) is 48.7 Å². The number of aromatic nitrogens is 1. The number of benzene rings is 1. The van der Waals surface area contributed by atoms with Crippen LogP contribution in [0.15, 0.2) is 42.6 Å². The van der Waals surface area contributed by atoms with Gasteiger partial charge in [0.2, 0.25) is 0 Å². The first-order valence-electron chi connectivity index (χ1n) is 5.76. The molecule has 1 aromatic carbocycles. The first-order chi connectivity index (χ1) is 9.50. The quantitative estimate of drug-likeness (QED) is 0.932. The largest absolute Gasteiger partial charge is 0.416 e. The molecule has 1 heterocycles. The van der Waals surface area contributed by atoms with E-state index in [0.29, 0.717) is 5.69 Å². The molecule has 0 saturated heterocycles. The number of nitriles is 1. The average molecular weight is 277 g/mol. The van der Waals surface area contributed by atoms with E-state index in [0.717, 1.165) is 6.07 Å². The van der Waals surface area contributed by atoms with Crippen LogP contribution < -0.4 is 5.32 Å². The number of nitrogens with one attached hydrogen (secondary N) is 1. The summed E-state index contributed by atoms with van der Waals surface area (Å²) >= 11 is 0. The van der Waals surface area contributed by atoms with E-state index in [1.54, 1.807) is 12.1 Å². The lowest BCUT2D eigenvalue weighted by molar-refractivity contribution is -0.138. The monoisotopic (exact) mass is 277 g/mol. The standard InChI is InChI=1S/C14H10F3N3/c15-14(16,17)13-4-2-1-3-10(13)8-19-12-6-5-11(7-18)20-9-12/h1-6,9,19H,8H2.